The molecule has 6 rings (SSSR count). The zero-order valence-corrected chi connectivity index (χ0v) is 30.5. The van der Waals surface area contributed by atoms with Gasteiger partial charge < -0.3 is 9.40 Å². The Morgan fingerprint density at radius 1 is 0.886 bits per heavy atom. The van der Waals surface area contributed by atoms with Crippen LogP contribution in [0.5, 0.6) is 0 Å². The van der Waals surface area contributed by atoms with Crippen LogP contribution >= 0.6 is 0 Å². The molecule has 229 valence electrons. The third-order valence-electron chi connectivity index (χ3n) is 7.34. The second kappa shape index (κ2) is 13.9. The number of para-hydroxylation sites is 1. The Kier molecular flexibility index (Phi) is 8.59. The number of fused-ring (bicyclic) bond motifs is 3. The van der Waals surface area contributed by atoms with Gasteiger partial charge in [-0.25, -0.2) is 4.39 Å². The van der Waals surface area contributed by atoms with Crippen LogP contribution in [0, 0.1) is 24.8 Å². The van der Waals surface area contributed by atoms with E-state index in [0.717, 1.165) is 33.2 Å². The summed E-state index contributed by atoms with van der Waals surface area (Å²) in [5.74, 6) is 5.06. The van der Waals surface area contributed by atoms with Gasteiger partial charge in [0.1, 0.15) is 0 Å². The van der Waals surface area contributed by atoms with Crippen LogP contribution in [0.3, 0.4) is 0 Å². The molecule has 0 spiro atoms. The topological polar surface area (TPSA) is 38.9 Å². The molecule has 0 saturated carbocycles. The van der Waals surface area contributed by atoms with Crippen molar-refractivity contribution >= 4 is 39.6 Å². The number of hydrogen-bond acceptors (Lipinski definition) is 3. The largest absolute Gasteiger partial charge is 0 e. The maximum Gasteiger partial charge on any atom is 0 e. The minimum atomic E-state index is -2.14. The van der Waals surface area contributed by atoms with Crippen molar-refractivity contribution in [2.75, 3.05) is 0 Å². The van der Waals surface area contributed by atoms with Crippen LogP contribution in [0.15, 0.2) is 83.5 Å². The normalized spacial score (nSPS) is 14.0. The van der Waals surface area contributed by atoms with Gasteiger partial charge in [-0.15, -0.1) is 18.2 Å². The minimum absolute atomic E-state index is 0. The van der Waals surface area contributed by atoms with Crippen molar-refractivity contribution in [1.29, 1.82) is 0 Å². The molecule has 3 heterocycles. The van der Waals surface area contributed by atoms with Crippen molar-refractivity contribution in [2.45, 2.75) is 63.6 Å². The Labute approximate surface area is 284 Å². The Morgan fingerprint density at radius 2 is 1.66 bits per heavy atom. The van der Waals surface area contributed by atoms with E-state index in [1.807, 2.05) is 64.2 Å². The standard InChI is InChI=1S/C20H15FNO.C18H24GeN.Ir/c1-12(2)13-9-10-22-18(11-13)16-7-3-5-14-15-6-4-8-17(21)20(15)23-19(14)16;1-13(2)16-11-18(15-9-7-14(3)8-10-15)20-12-17(16)19(4,5)6;/h3-6,8-12H,1-2H3;7-9,11-13H,1-6H3;/q2*-1;/i12D;3D3,13D;. The predicted octanol–water partition coefficient (Wildman–Crippen LogP) is 10.2. The second-order valence-corrected chi connectivity index (χ2v) is 22.7. The first-order valence-electron chi connectivity index (χ1n) is 16.8. The molecule has 0 aliphatic heterocycles. The molecule has 0 saturated heterocycles. The van der Waals surface area contributed by atoms with Crippen LogP contribution in [0.2, 0.25) is 17.3 Å². The third-order valence-corrected chi connectivity index (χ3v) is 11.6. The number of benzene rings is 3. The summed E-state index contributed by atoms with van der Waals surface area (Å²) in [5, 5.41) is 1.56. The summed E-state index contributed by atoms with van der Waals surface area (Å²) in [6.07, 6.45) is 3.59. The molecule has 0 bridgehead atoms. The van der Waals surface area contributed by atoms with E-state index in [9.17, 15) is 4.39 Å². The van der Waals surface area contributed by atoms with Gasteiger partial charge in [-0.05, 0) is 23.7 Å². The smallest absolute Gasteiger partial charge is 0 e. The summed E-state index contributed by atoms with van der Waals surface area (Å²) < 4.78 is 60.1. The summed E-state index contributed by atoms with van der Waals surface area (Å²) in [6.45, 7) is 5.32. The molecule has 0 aliphatic carbocycles. The number of furan rings is 1. The number of nitrogens with zero attached hydrogens (tertiary/aromatic N) is 2. The van der Waals surface area contributed by atoms with Crippen molar-refractivity contribution in [3.05, 3.63) is 114 Å². The van der Waals surface area contributed by atoms with Crippen molar-refractivity contribution in [2.24, 2.45) is 0 Å². The molecule has 0 atom stereocenters. The molecule has 3 aromatic heterocycles. The summed E-state index contributed by atoms with van der Waals surface area (Å²) in [6, 6.07) is 25.2. The quantitative estimate of drug-likeness (QED) is 0.128. The fourth-order valence-corrected chi connectivity index (χ4v) is 8.31. The van der Waals surface area contributed by atoms with Crippen LogP contribution < -0.4 is 4.40 Å². The van der Waals surface area contributed by atoms with Crippen LogP contribution in [0.25, 0.3) is 44.5 Å². The Morgan fingerprint density at radius 3 is 2.32 bits per heavy atom. The summed E-state index contributed by atoms with van der Waals surface area (Å²) >= 11 is -2.14. The van der Waals surface area contributed by atoms with E-state index in [-0.39, 0.29) is 37.1 Å². The second-order valence-electron chi connectivity index (χ2n) is 12.1. The first-order chi connectivity index (χ1) is 22.2. The molecular weight excluding hydrogens is 784 g/mol. The molecule has 0 N–H and O–H groups in total. The van der Waals surface area contributed by atoms with Crippen LogP contribution in [0.1, 0.15) is 63.0 Å². The number of hydrogen-bond donors (Lipinski definition) is 0. The minimum Gasteiger partial charge on any atom is 0 e. The van der Waals surface area contributed by atoms with Gasteiger partial charge in [0.2, 0.25) is 0 Å². The van der Waals surface area contributed by atoms with Crippen LogP contribution in [-0.4, -0.2) is 23.2 Å². The predicted molar refractivity (Wildman–Crippen MR) is 180 cm³/mol. The van der Waals surface area contributed by atoms with E-state index in [4.69, 9.17) is 11.3 Å². The molecule has 3 aromatic carbocycles. The van der Waals surface area contributed by atoms with E-state index >= 15 is 0 Å². The summed E-state index contributed by atoms with van der Waals surface area (Å²) in [4.78, 5) is 8.97. The third kappa shape index (κ3) is 7.22. The van der Waals surface area contributed by atoms with Gasteiger partial charge in [0.05, 0.1) is 5.58 Å². The Hall–Kier alpha value is -3.12. The van der Waals surface area contributed by atoms with Crippen molar-refractivity contribution in [1.82, 2.24) is 9.97 Å². The fraction of sp³-hybridized carbons (Fsp3) is 0.263. The molecule has 0 amide bonds. The van der Waals surface area contributed by atoms with E-state index < -0.39 is 31.9 Å². The van der Waals surface area contributed by atoms with Gasteiger partial charge >= 0.3 is 131 Å². The number of pyridine rings is 2. The molecule has 1 radical (unpaired) electrons. The summed E-state index contributed by atoms with van der Waals surface area (Å²) in [5.41, 5.74) is 5.75. The van der Waals surface area contributed by atoms with Gasteiger partial charge in [-0.3, -0.25) is 0 Å². The van der Waals surface area contributed by atoms with Crippen LogP contribution in [-0.2, 0) is 20.1 Å². The molecular formula is C38H39FGeIrN2O-2. The van der Waals surface area contributed by atoms with Crippen molar-refractivity contribution < 1.29 is 35.8 Å². The number of aryl methyl sites for hydroxylation is 1. The zero-order chi connectivity index (χ0) is 35.2. The van der Waals surface area contributed by atoms with Gasteiger partial charge in [0.25, 0.3) is 0 Å². The number of rotatable bonds is 5. The Balaban J connectivity index is 0.000000216. The monoisotopic (exact) mass is 830 g/mol. The first kappa shape index (κ1) is 27.2. The van der Waals surface area contributed by atoms with E-state index in [0.29, 0.717) is 16.8 Å². The SMILES string of the molecule is [2H]C(C)(C)c1ccnc(-c2[c-]ccc3c2oc2c(F)cccc23)c1.[2H]C([2H])([2H])c1c[c-]c(-c2cc(C([2H])(C)C)[c]([Ge]([CH3])([CH3])[CH3])cn2)cc1.[Ir]. The molecule has 3 nitrogen and oxygen atoms in total. The van der Waals surface area contributed by atoms with Gasteiger partial charge in [-0.2, -0.15) is 0 Å². The summed E-state index contributed by atoms with van der Waals surface area (Å²) in [7, 11) is 0. The van der Waals surface area contributed by atoms with Gasteiger partial charge in [0, 0.05) is 33.1 Å². The fourth-order valence-electron chi connectivity index (χ4n) is 5.00. The molecule has 44 heavy (non-hydrogen) atoms. The van der Waals surface area contributed by atoms with E-state index in [1.54, 1.807) is 30.5 Å². The average Bonchev–Trinajstić information content (AvgIpc) is 3.40. The molecule has 0 unspecified atom stereocenters. The first-order valence-corrected chi connectivity index (χ1v) is 21.6. The number of halogens is 1. The number of aromatic nitrogens is 2. The molecule has 6 heteroatoms. The molecule has 0 aliphatic rings. The maximum atomic E-state index is 14.0. The van der Waals surface area contributed by atoms with Crippen molar-refractivity contribution in [3.63, 3.8) is 0 Å². The van der Waals surface area contributed by atoms with Crippen LogP contribution in [0.4, 0.5) is 4.39 Å². The molecule has 0 fully saturated rings. The van der Waals surface area contributed by atoms with Crippen molar-refractivity contribution in [3.8, 4) is 22.5 Å². The zero-order valence-electron chi connectivity index (χ0n) is 31.0. The maximum absolute atomic E-state index is 14.0. The van der Waals surface area contributed by atoms with Gasteiger partial charge in [-0.1, -0.05) is 48.6 Å². The van der Waals surface area contributed by atoms with Gasteiger partial charge in [0.15, 0.2) is 11.4 Å². The Bertz CT molecular complexity index is 2090. The average molecular weight is 829 g/mol. The molecule has 6 aromatic rings. The van der Waals surface area contributed by atoms with E-state index in [1.165, 1.54) is 16.5 Å². The van der Waals surface area contributed by atoms with E-state index in [2.05, 4.69) is 39.4 Å².